The van der Waals surface area contributed by atoms with Crippen molar-refractivity contribution in [2.24, 2.45) is 5.41 Å². The Balaban J connectivity index is 3.09. The molecule has 0 aliphatic carbocycles. The van der Waals surface area contributed by atoms with Gasteiger partial charge in [0.1, 0.15) is 0 Å². The Morgan fingerprint density at radius 2 is 2.10 bits per heavy atom. The van der Waals surface area contributed by atoms with Gasteiger partial charge in [0.25, 0.3) is 0 Å². The smallest absolute Gasteiger partial charge is 0.258 e. The van der Waals surface area contributed by atoms with Crippen LogP contribution in [0.15, 0.2) is 23.1 Å². The van der Waals surface area contributed by atoms with Gasteiger partial charge in [-0.25, -0.2) is 13.1 Å². The third-order valence-electron chi connectivity index (χ3n) is 2.43. The van der Waals surface area contributed by atoms with Gasteiger partial charge < -0.3 is 0 Å². The maximum absolute atomic E-state index is 13.1. The second-order valence-electron chi connectivity index (χ2n) is 4.69. The molecule has 1 aromatic rings. The lowest BCUT2D eigenvalue weighted by Crippen LogP contribution is -2.33. The van der Waals surface area contributed by atoms with Gasteiger partial charge in [0.05, 0.1) is 21.3 Å². The quantitative estimate of drug-likeness (QED) is 0.655. The molecule has 0 saturated carbocycles. The number of nitriles is 1. The Labute approximate surface area is 115 Å². The molecule has 7 nitrogen and oxygen atoms in total. The van der Waals surface area contributed by atoms with E-state index in [0.717, 1.165) is 6.07 Å². The van der Waals surface area contributed by atoms with Crippen LogP contribution in [0.4, 0.5) is 10.1 Å². The molecule has 1 rings (SSSR count). The zero-order valence-electron chi connectivity index (χ0n) is 10.8. The standard InChI is InChI=1S/C11H12FN3O4S/c1-11(2,6-13)7-14-20(18,19)8-3-4-9(12)10(5-8)15(16)17/h3-5,14H,7H2,1-2H3. The lowest BCUT2D eigenvalue weighted by molar-refractivity contribution is -0.387. The molecule has 1 aromatic carbocycles. The Bertz CT molecular complexity index is 679. The topological polar surface area (TPSA) is 113 Å². The van der Waals surface area contributed by atoms with Gasteiger partial charge in [0.15, 0.2) is 0 Å². The normalized spacial score (nSPS) is 11.9. The molecule has 0 heterocycles. The van der Waals surface area contributed by atoms with Gasteiger partial charge in [-0.3, -0.25) is 10.1 Å². The number of halogens is 1. The summed E-state index contributed by atoms with van der Waals surface area (Å²) in [5.74, 6) is -1.12. The third-order valence-corrected chi connectivity index (χ3v) is 3.83. The molecule has 0 saturated heterocycles. The van der Waals surface area contributed by atoms with Crippen LogP contribution < -0.4 is 4.72 Å². The van der Waals surface area contributed by atoms with E-state index in [0.29, 0.717) is 12.1 Å². The number of benzene rings is 1. The summed E-state index contributed by atoms with van der Waals surface area (Å²) < 4.78 is 39.1. The molecule has 0 bridgehead atoms. The minimum absolute atomic E-state index is 0.170. The van der Waals surface area contributed by atoms with E-state index in [2.05, 4.69) is 4.72 Å². The van der Waals surface area contributed by atoms with Crippen LogP contribution in [0.5, 0.6) is 0 Å². The van der Waals surface area contributed by atoms with Crippen LogP contribution in [0.25, 0.3) is 0 Å². The molecule has 9 heteroatoms. The summed E-state index contributed by atoms with van der Waals surface area (Å²) in [6.07, 6.45) is 0. The van der Waals surface area contributed by atoms with E-state index in [4.69, 9.17) is 5.26 Å². The maximum atomic E-state index is 13.1. The maximum Gasteiger partial charge on any atom is 0.306 e. The molecule has 0 amide bonds. The second-order valence-corrected chi connectivity index (χ2v) is 6.46. The minimum Gasteiger partial charge on any atom is -0.258 e. The highest BCUT2D eigenvalue weighted by Gasteiger charge is 2.24. The van der Waals surface area contributed by atoms with Crippen LogP contribution in [0.3, 0.4) is 0 Å². The van der Waals surface area contributed by atoms with Crippen molar-refractivity contribution >= 4 is 15.7 Å². The van der Waals surface area contributed by atoms with Crippen molar-refractivity contribution in [2.75, 3.05) is 6.54 Å². The SMILES string of the molecule is CC(C)(C#N)CNS(=O)(=O)c1ccc(F)c([N+](=O)[O-])c1. The van der Waals surface area contributed by atoms with Gasteiger partial charge in [0, 0.05) is 12.6 Å². The van der Waals surface area contributed by atoms with E-state index in [1.165, 1.54) is 13.8 Å². The summed E-state index contributed by atoms with van der Waals surface area (Å²) in [5, 5.41) is 19.4. The Morgan fingerprint density at radius 1 is 1.50 bits per heavy atom. The molecule has 1 N–H and O–H groups in total. The number of nitrogens with zero attached hydrogens (tertiary/aromatic N) is 2. The molecule has 0 aliphatic heterocycles. The van der Waals surface area contributed by atoms with Gasteiger partial charge in [-0.2, -0.15) is 9.65 Å². The molecular formula is C11H12FN3O4S. The van der Waals surface area contributed by atoms with E-state index >= 15 is 0 Å². The lowest BCUT2D eigenvalue weighted by atomic mass is 9.97. The average molecular weight is 301 g/mol. The predicted molar refractivity (Wildman–Crippen MR) is 67.6 cm³/mol. The summed E-state index contributed by atoms with van der Waals surface area (Å²) in [6.45, 7) is 2.89. The highest BCUT2D eigenvalue weighted by Crippen LogP contribution is 2.22. The van der Waals surface area contributed by atoms with Gasteiger partial charge in [-0.1, -0.05) is 0 Å². The monoisotopic (exact) mass is 301 g/mol. The second kappa shape index (κ2) is 5.52. The largest absolute Gasteiger partial charge is 0.306 e. The van der Waals surface area contributed by atoms with Crippen molar-refractivity contribution in [1.29, 1.82) is 5.26 Å². The first kappa shape index (κ1) is 16.0. The van der Waals surface area contributed by atoms with E-state index in [1.807, 2.05) is 6.07 Å². The molecule has 108 valence electrons. The number of nitro benzene ring substituents is 1. The van der Waals surface area contributed by atoms with Crippen molar-refractivity contribution in [3.8, 4) is 6.07 Å². The molecule has 0 spiro atoms. The molecular weight excluding hydrogens is 289 g/mol. The summed E-state index contributed by atoms with van der Waals surface area (Å²) in [4.78, 5) is 9.13. The molecule has 0 radical (unpaired) electrons. The zero-order chi connectivity index (χ0) is 15.6. The van der Waals surface area contributed by atoms with Gasteiger partial charge in [-0.05, 0) is 26.0 Å². The number of nitrogens with one attached hydrogen (secondary N) is 1. The summed E-state index contributed by atoms with van der Waals surface area (Å²) in [6, 6.07) is 4.18. The fourth-order valence-electron chi connectivity index (χ4n) is 1.20. The highest BCUT2D eigenvalue weighted by atomic mass is 32.2. The molecule has 20 heavy (non-hydrogen) atoms. The minimum atomic E-state index is -4.05. The van der Waals surface area contributed by atoms with E-state index in [1.54, 1.807) is 0 Å². The lowest BCUT2D eigenvalue weighted by Gasteiger charge is -2.15. The first-order chi connectivity index (χ1) is 9.09. The van der Waals surface area contributed by atoms with E-state index in [9.17, 15) is 22.9 Å². The fraction of sp³-hybridized carbons (Fsp3) is 0.364. The number of nitro groups is 1. The van der Waals surface area contributed by atoms with Gasteiger partial charge >= 0.3 is 5.69 Å². The van der Waals surface area contributed by atoms with Crippen LogP contribution in [-0.2, 0) is 10.0 Å². The summed E-state index contributed by atoms with van der Waals surface area (Å²) in [7, 11) is -4.05. The van der Waals surface area contributed by atoms with Crippen LogP contribution in [0.1, 0.15) is 13.8 Å². The molecule has 0 unspecified atom stereocenters. The van der Waals surface area contributed by atoms with Crippen LogP contribution >= 0.6 is 0 Å². The van der Waals surface area contributed by atoms with Crippen LogP contribution in [0, 0.1) is 32.7 Å². The van der Waals surface area contributed by atoms with Crippen molar-refractivity contribution in [2.45, 2.75) is 18.7 Å². The number of hydrogen-bond acceptors (Lipinski definition) is 5. The molecule has 0 atom stereocenters. The highest BCUT2D eigenvalue weighted by molar-refractivity contribution is 7.89. The number of hydrogen-bond donors (Lipinski definition) is 1. The zero-order valence-corrected chi connectivity index (χ0v) is 11.6. The first-order valence-corrected chi connectivity index (χ1v) is 6.92. The summed E-state index contributed by atoms with van der Waals surface area (Å²) >= 11 is 0. The van der Waals surface area contributed by atoms with Crippen molar-refractivity contribution in [3.63, 3.8) is 0 Å². The Kier molecular flexibility index (Phi) is 4.42. The van der Waals surface area contributed by atoms with Crippen LogP contribution in [-0.4, -0.2) is 19.9 Å². The number of rotatable bonds is 5. The van der Waals surface area contributed by atoms with Gasteiger partial charge in [-0.15, -0.1) is 0 Å². The average Bonchev–Trinajstić information content (AvgIpc) is 2.36. The van der Waals surface area contributed by atoms with E-state index in [-0.39, 0.29) is 6.54 Å². The van der Waals surface area contributed by atoms with E-state index < -0.39 is 36.8 Å². The third kappa shape index (κ3) is 3.72. The summed E-state index contributed by atoms with van der Waals surface area (Å²) in [5.41, 5.74) is -1.86. The van der Waals surface area contributed by atoms with Gasteiger partial charge in [0.2, 0.25) is 15.8 Å². The molecule has 0 aliphatic rings. The van der Waals surface area contributed by atoms with Crippen molar-refractivity contribution < 1.29 is 17.7 Å². The van der Waals surface area contributed by atoms with Crippen molar-refractivity contribution in [1.82, 2.24) is 4.72 Å². The Morgan fingerprint density at radius 3 is 2.60 bits per heavy atom. The number of sulfonamides is 1. The predicted octanol–water partition coefficient (Wildman–Crippen LogP) is 1.56. The van der Waals surface area contributed by atoms with Crippen molar-refractivity contribution in [3.05, 3.63) is 34.1 Å². The first-order valence-electron chi connectivity index (χ1n) is 5.44. The van der Waals surface area contributed by atoms with Crippen LogP contribution in [0.2, 0.25) is 0 Å². The fourth-order valence-corrected chi connectivity index (χ4v) is 2.43. The molecule has 0 fully saturated rings. The molecule has 0 aromatic heterocycles. The Hall–Kier alpha value is -2.05.